The van der Waals surface area contributed by atoms with Crippen LogP contribution in [0.25, 0.3) is 5.57 Å². The second kappa shape index (κ2) is 18.7. The first-order chi connectivity index (χ1) is 23.7. The molecule has 1 N–H and O–H groups in total. The van der Waals surface area contributed by atoms with Gasteiger partial charge in [0.05, 0.1) is 25.9 Å². The Balaban J connectivity index is 1.79. The van der Waals surface area contributed by atoms with Gasteiger partial charge in [0.25, 0.3) is 5.91 Å². The van der Waals surface area contributed by atoms with Gasteiger partial charge in [-0.3, -0.25) is 19.2 Å². The highest BCUT2D eigenvalue weighted by Gasteiger charge is 2.54. The molecule has 12 nitrogen and oxygen atoms in total. The van der Waals surface area contributed by atoms with Crippen LogP contribution in [-0.2, 0) is 49.5 Å². The van der Waals surface area contributed by atoms with E-state index < -0.39 is 59.5 Å². The number of cyclic esters (lactones) is 1. The number of carbonyl (C=O) groups excluding carboxylic acids is 5. The van der Waals surface area contributed by atoms with Crippen molar-refractivity contribution in [2.75, 3.05) is 26.9 Å². The topological polar surface area (TPSA) is 155 Å². The number of allylic oxidation sites excluding steroid dienone is 1. The molecule has 2 aromatic rings. The van der Waals surface area contributed by atoms with Gasteiger partial charge >= 0.3 is 12.1 Å². The van der Waals surface area contributed by atoms with Crippen LogP contribution in [0.15, 0.2) is 60.7 Å². The summed E-state index contributed by atoms with van der Waals surface area (Å²) in [5.41, 5.74) is 1.26. The number of rotatable bonds is 19. The van der Waals surface area contributed by atoms with Crippen molar-refractivity contribution in [3.05, 3.63) is 77.4 Å². The lowest BCUT2D eigenvalue weighted by molar-refractivity contribution is -0.166. The third kappa shape index (κ3) is 10.9. The van der Waals surface area contributed by atoms with E-state index in [1.54, 1.807) is 32.0 Å². The fraction of sp³-hybridized carbons (Fsp3) is 0.500. The normalized spacial score (nSPS) is 17.6. The second-order valence-electron chi connectivity index (χ2n) is 13.1. The first-order valence-electron chi connectivity index (χ1n) is 16.7. The lowest BCUT2D eigenvalue weighted by Gasteiger charge is -2.33. The van der Waals surface area contributed by atoms with Crippen LogP contribution < -0.4 is 0 Å². The molecule has 50 heavy (non-hydrogen) atoms. The van der Waals surface area contributed by atoms with Gasteiger partial charge in [-0.25, -0.2) is 9.69 Å². The molecule has 0 bridgehead atoms. The molecule has 12 heteroatoms. The summed E-state index contributed by atoms with van der Waals surface area (Å²) in [6.45, 7) is 10.3. The number of benzene rings is 2. The minimum atomic E-state index is -1.81. The summed E-state index contributed by atoms with van der Waals surface area (Å²) in [7, 11) is 1.16. The van der Waals surface area contributed by atoms with Gasteiger partial charge in [-0.15, -0.1) is 0 Å². The zero-order valence-electron chi connectivity index (χ0n) is 29.9. The third-order valence-corrected chi connectivity index (χ3v) is 8.20. The number of carbonyl (C=O) groups is 5. The first-order valence-corrected chi connectivity index (χ1v) is 16.7. The Kier molecular flexibility index (Phi) is 15.0. The molecule has 1 heterocycles. The molecule has 1 aliphatic heterocycles. The Morgan fingerprint density at radius 3 is 2.34 bits per heavy atom. The summed E-state index contributed by atoms with van der Waals surface area (Å²) in [5, 5.41) is 9.69. The van der Waals surface area contributed by atoms with Gasteiger partial charge in [-0.2, -0.15) is 0 Å². The van der Waals surface area contributed by atoms with E-state index >= 15 is 0 Å². The molecular formula is C38H49NO11. The minimum absolute atomic E-state index is 0.00262. The molecule has 1 aliphatic rings. The highest BCUT2D eigenvalue weighted by molar-refractivity contribution is 6.25. The van der Waals surface area contributed by atoms with Gasteiger partial charge < -0.3 is 28.8 Å². The number of Topliss-reactive ketones (excluding diaryl/α,β-unsaturated/α-hetero) is 1. The van der Waals surface area contributed by atoms with Gasteiger partial charge in [-0.05, 0) is 50.3 Å². The maximum atomic E-state index is 13.9. The number of esters is 1. The van der Waals surface area contributed by atoms with Gasteiger partial charge in [0.15, 0.2) is 23.8 Å². The van der Waals surface area contributed by atoms with Crippen molar-refractivity contribution in [1.82, 2.24) is 4.90 Å². The molecule has 1 saturated heterocycles. The van der Waals surface area contributed by atoms with Crippen molar-refractivity contribution in [3.8, 4) is 0 Å². The Morgan fingerprint density at radius 2 is 1.74 bits per heavy atom. The zero-order valence-corrected chi connectivity index (χ0v) is 29.9. The van der Waals surface area contributed by atoms with Crippen LogP contribution in [0.2, 0.25) is 0 Å². The van der Waals surface area contributed by atoms with Crippen molar-refractivity contribution < 1.29 is 52.8 Å². The Bertz CT molecular complexity index is 1520. The van der Waals surface area contributed by atoms with E-state index in [2.05, 4.69) is 0 Å². The zero-order chi connectivity index (χ0) is 37.0. The number of ketones is 2. The van der Waals surface area contributed by atoms with Gasteiger partial charge in [0.1, 0.15) is 11.7 Å². The minimum Gasteiger partial charge on any atom is -0.451 e. The fourth-order valence-corrected chi connectivity index (χ4v) is 6.01. The smallest absolute Gasteiger partial charge is 0.417 e. The van der Waals surface area contributed by atoms with Crippen LogP contribution in [0, 0.1) is 12.8 Å². The van der Waals surface area contributed by atoms with Crippen molar-refractivity contribution in [1.29, 1.82) is 0 Å². The molecule has 0 saturated carbocycles. The average molecular weight is 696 g/mol. The van der Waals surface area contributed by atoms with E-state index in [-0.39, 0.29) is 37.7 Å². The Labute approximate surface area is 293 Å². The van der Waals surface area contributed by atoms with Crippen LogP contribution >= 0.6 is 0 Å². The van der Waals surface area contributed by atoms with Crippen LogP contribution in [0.3, 0.4) is 0 Å². The third-order valence-electron chi connectivity index (χ3n) is 8.20. The van der Waals surface area contributed by atoms with Gasteiger partial charge in [0, 0.05) is 32.6 Å². The largest absolute Gasteiger partial charge is 0.451 e. The number of ether oxygens (including phenoxy) is 5. The van der Waals surface area contributed by atoms with Crippen molar-refractivity contribution in [3.63, 3.8) is 0 Å². The molecule has 0 spiro atoms. The number of aryl methyl sites for hydroxylation is 1. The van der Waals surface area contributed by atoms with E-state index in [1.807, 2.05) is 57.2 Å². The maximum absolute atomic E-state index is 13.9. The van der Waals surface area contributed by atoms with Crippen molar-refractivity contribution in [2.24, 2.45) is 5.92 Å². The first kappa shape index (κ1) is 40.2. The van der Waals surface area contributed by atoms with Crippen molar-refractivity contribution in [2.45, 2.75) is 90.9 Å². The molecule has 2 aromatic carbocycles. The molecular weight excluding hydrogens is 646 g/mol. The standard InChI is InChI=1S/C38H49NO11/c1-24(2)35-38(5,6)50-37(45)39(35)36(44)34(46-7)33(49-26(4)41)32(43)20-30(28-16-11-13-25(3)19-28)31(42)17-12-18-47-23-29(21-40)48-22-27-14-9-8-10-15-27/h8-11,13-16,19-20,24,29,33-35,40H,12,17-18,21-23H2,1-7H3/t29-,33+,34-,35-/m1/s1. The molecule has 0 aliphatic carbocycles. The quantitative estimate of drug-likeness (QED) is 0.124. The van der Waals surface area contributed by atoms with E-state index in [4.69, 9.17) is 23.7 Å². The lowest BCUT2D eigenvalue weighted by atomic mass is 9.88. The Morgan fingerprint density at radius 1 is 1.04 bits per heavy atom. The van der Waals surface area contributed by atoms with Gasteiger partial charge in [0.2, 0.25) is 0 Å². The van der Waals surface area contributed by atoms with Crippen LogP contribution in [0.4, 0.5) is 4.79 Å². The predicted molar refractivity (Wildman–Crippen MR) is 184 cm³/mol. The highest BCUT2D eigenvalue weighted by Crippen LogP contribution is 2.35. The summed E-state index contributed by atoms with van der Waals surface area (Å²) in [5.74, 6) is -3.27. The number of hydrogen-bond acceptors (Lipinski definition) is 11. The average Bonchev–Trinajstić information content (AvgIpc) is 3.32. The molecule has 4 atom stereocenters. The van der Waals surface area contributed by atoms with Gasteiger partial charge in [-0.1, -0.05) is 74.0 Å². The lowest BCUT2D eigenvalue weighted by Crippen LogP contribution is -2.55. The van der Waals surface area contributed by atoms with Crippen LogP contribution in [-0.4, -0.2) is 96.4 Å². The number of aliphatic hydroxyl groups excluding tert-OH is 1. The second-order valence-corrected chi connectivity index (χ2v) is 13.1. The predicted octanol–water partition coefficient (Wildman–Crippen LogP) is 4.62. The van der Waals surface area contributed by atoms with Crippen molar-refractivity contribution >= 4 is 35.1 Å². The van der Waals surface area contributed by atoms with E-state index in [0.29, 0.717) is 18.6 Å². The van der Waals surface area contributed by atoms with E-state index in [0.717, 1.165) is 36.1 Å². The molecule has 0 unspecified atom stereocenters. The van der Waals surface area contributed by atoms with E-state index in [1.165, 1.54) is 0 Å². The van der Waals surface area contributed by atoms with E-state index in [9.17, 15) is 29.1 Å². The summed E-state index contributed by atoms with van der Waals surface area (Å²) >= 11 is 0. The Hall–Kier alpha value is -4.23. The summed E-state index contributed by atoms with van der Waals surface area (Å²) in [6.07, 6.45) is -3.63. The summed E-state index contributed by atoms with van der Waals surface area (Å²) in [4.78, 5) is 67.4. The number of imide groups is 1. The molecule has 272 valence electrons. The summed E-state index contributed by atoms with van der Waals surface area (Å²) < 4.78 is 27.7. The fourth-order valence-electron chi connectivity index (χ4n) is 6.01. The molecule has 0 aromatic heterocycles. The SMILES string of the molecule is CO[C@@H](C(=O)N1C(=O)OC(C)(C)[C@H]1C(C)C)[C@@H](OC(C)=O)C(=O)C=C(C(=O)CCCOC[C@@H](CO)OCc1ccccc1)c1cccc(C)c1. The summed E-state index contributed by atoms with van der Waals surface area (Å²) in [6, 6.07) is 15.8. The molecule has 2 amide bonds. The van der Waals surface area contributed by atoms with Crippen LogP contribution in [0.1, 0.15) is 64.2 Å². The molecule has 1 fully saturated rings. The molecule has 0 radical (unpaired) electrons. The maximum Gasteiger partial charge on any atom is 0.417 e. The number of methoxy groups -OCH3 is 1. The number of hydrogen-bond donors (Lipinski definition) is 1. The molecule has 3 rings (SSSR count). The monoisotopic (exact) mass is 695 g/mol. The number of aliphatic hydroxyl groups is 1. The van der Waals surface area contributed by atoms with Crippen LogP contribution in [0.5, 0.6) is 0 Å². The highest BCUT2D eigenvalue weighted by atomic mass is 16.6. The number of amides is 2. The number of nitrogens with zero attached hydrogens (tertiary/aromatic N) is 1.